The van der Waals surface area contributed by atoms with Gasteiger partial charge in [-0.25, -0.2) is 9.97 Å². The van der Waals surface area contributed by atoms with Crippen LogP contribution >= 0.6 is 22.7 Å². The molecule has 2 aromatic carbocycles. The molecule has 1 N–H and O–H groups in total. The molecule has 1 amide bonds. The number of benzene rings is 2. The zero-order chi connectivity index (χ0) is 17.1. The summed E-state index contributed by atoms with van der Waals surface area (Å²) in [5, 5.41) is 5.71. The van der Waals surface area contributed by atoms with Crippen LogP contribution in [0.1, 0.15) is 5.69 Å². The molecule has 0 aliphatic carbocycles. The topological polar surface area (TPSA) is 54.9 Å². The van der Waals surface area contributed by atoms with Gasteiger partial charge < -0.3 is 5.32 Å². The predicted molar refractivity (Wildman–Crippen MR) is 105 cm³/mol. The Kier molecular flexibility index (Phi) is 4.37. The van der Waals surface area contributed by atoms with E-state index in [2.05, 4.69) is 15.3 Å². The lowest BCUT2D eigenvalue weighted by Crippen LogP contribution is -2.08. The molecule has 0 bridgehead atoms. The minimum absolute atomic E-state index is 0.193. The Balaban J connectivity index is 1.61. The normalized spacial score (nSPS) is 11.2. The average molecular weight is 363 g/mol. The van der Waals surface area contributed by atoms with Gasteiger partial charge in [-0.2, -0.15) is 0 Å². The second kappa shape index (κ2) is 6.96. The van der Waals surface area contributed by atoms with E-state index in [1.807, 2.05) is 53.9 Å². The zero-order valence-corrected chi connectivity index (χ0v) is 14.7. The van der Waals surface area contributed by atoms with Crippen molar-refractivity contribution >= 4 is 50.6 Å². The van der Waals surface area contributed by atoms with E-state index < -0.39 is 0 Å². The van der Waals surface area contributed by atoms with Crippen molar-refractivity contribution in [3.05, 3.63) is 71.2 Å². The van der Waals surface area contributed by atoms with Gasteiger partial charge >= 0.3 is 0 Å². The first-order valence-electron chi connectivity index (χ1n) is 7.62. The highest BCUT2D eigenvalue weighted by molar-refractivity contribution is 7.21. The molecule has 4 aromatic rings. The van der Waals surface area contributed by atoms with Crippen LogP contribution in [0.4, 0.5) is 5.69 Å². The minimum atomic E-state index is -0.193. The van der Waals surface area contributed by atoms with Gasteiger partial charge in [0.2, 0.25) is 5.91 Å². The van der Waals surface area contributed by atoms with Crippen molar-refractivity contribution in [1.82, 2.24) is 9.97 Å². The van der Waals surface area contributed by atoms with Gasteiger partial charge in [0, 0.05) is 17.0 Å². The zero-order valence-electron chi connectivity index (χ0n) is 13.0. The van der Waals surface area contributed by atoms with Crippen molar-refractivity contribution in [2.45, 2.75) is 0 Å². The number of rotatable bonds is 4. The van der Waals surface area contributed by atoms with E-state index in [1.54, 1.807) is 22.9 Å². The van der Waals surface area contributed by atoms with Gasteiger partial charge in [0.25, 0.3) is 0 Å². The number of para-hydroxylation sites is 2. The fraction of sp³-hybridized carbons (Fsp3) is 0. The summed E-state index contributed by atoms with van der Waals surface area (Å²) < 4.78 is 1.13. The third kappa shape index (κ3) is 3.50. The van der Waals surface area contributed by atoms with Crippen molar-refractivity contribution in [2.75, 3.05) is 5.32 Å². The second-order valence-electron chi connectivity index (χ2n) is 5.27. The molecule has 4 nitrogen and oxygen atoms in total. The number of thiazole rings is 2. The van der Waals surface area contributed by atoms with Crippen molar-refractivity contribution < 1.29 is 4.79 Å². The fourth-order valence-corrected chi connectivity index (χ4v) is 3.93. The highest BCUT2D eigenvalue weighted by Crippen LogP contribution is 2.34. The van der Waals surface area contributed by atoms with Crippen LogP contribution in [0, 0.1) is 0 Å². The molecule has 0 fully saturated rings. The Bertz CT molecular complexity index is 1020. The Morgan fingerprint density at radius 3 is 2.76 bits per heavy atom. The monoisotopic (exact) mass is 363 g/mol. The van der Waals surface area contributed by atoms with Crippen LogP contribution in [0.15, 0.2) is 65.5 Å². The van der Waals surface area contributed by atoms with Crippen LogP contribution in [0.2, 0.25) is 0 Å². The number of nitrogens with zero attached hydrogens (tertiary/aromatic N) is 2. The van der Waals surface area contributed by atoms with E-state index in [0.29, 0.717) is 0 Å². The molecule has 0 spiro atoms. The maximum atomic E-state index is 12.2. The fourth-order valence-electron chi connectivity index (χ4n) is 2.41. The number of hydrogen-bond donors (Lipinski definition) is 1. The molecule has 0 unspecified atom stereocenters. The summed E-state index contributed by atoms with van der Waals surface area (Å²) in [6.45, 7) is 0. The largest absolute Gasteiger partial charge is 0.322 e. The minimum Gasteiger partial charge on any atom is -0.322 e. The number of fused-ring (bicyclic) bond motifs is 1. The maximum Gasteiger partial charge on any atom is 0.248 e. The summed E-state index contributed by atoms with van der Waals surface area (Å²) in [6, 6.07) is 15.7. The number of carbonyl (C=O) groups is 1. The molecule has 0 radical (unpaired) electrons. The Morgan fingerprint density at radius 2 is 1.92 bits per heavy atom. The van der Waals surface area contributed by atoms with E-state index >= 15 is 0 Å². The van der Waals surface area contributed by atoms with Gasteiger partial charge in [-0.05, 0) is 30.3 Å². The molecule has 0 atom stereocenters. The molecule has 0 aliphatic heterocycles. The van der Waals surface area contributed by atoms with E-state index in [1.165, 1.54) is 17.4 Å². The Morgan fingerprint density at radius 1 is 1.08 bits per heavy atom. The summed E-state index contributed by atoms with van der Waals surface area (Å²) in [7, 11) is 0. The van der Waals surface area contributed by atoms with Crippen molar-refractivity contribution in [2.24, 2.45) is 0 Å². The molecule has 0 saturated heterocycles. The molecule has 25 heavy (non-hydrogen) atoms. The van der Waals surface area contributed by atoms with Crippen molar-refractivity contribution in [3.8, 4) is 10.6 Å². The van der Waals surface area contributed by atoms with Gasteiger partial charge in [-0.1, -0.05) is 24.3 Å². The summed E-state index contributed by atoms with van der Waals surface area (Å²) in [4.78, 5) is 21.0. The van der Waals surface area contributed by atoms with Crippen LogP contribution in [-0.4, -0.2) is 15.9 Å². The number of amides is 1. The lowest BCUT2D eigenvalue weighted by Gasteiger charge is -2.07. The van der Waals surface area contributed by atoms with E-state index in [0.717, 1.165) is 32.2 Å². The van der Waals surface area contributed by atoms with Gasteiger partial charge in [0.15, 0.2) is 0 Å². The highest BCUT2D eigenvalue weighted by Gasteiger charge is 2.11. The summed E-state index contributed by atoms with van der Waals surface area (Å²) in [5.74, 6) is -0.193. The molecule has 2 heterocycles. The Hall–Kier alpha value is -2.83. The van der Waals surface area contributed by atoms with Crippen molar-refractivity contribution in [1.29, 1.82) is 0 Å². The second-order valence-corrected chi connectivity index (χ2v) is 7.02. The van der Waals surface area contributed by atoms with Crippen LogP contribution in [0.3, 0.4) is 0 Å². The van der Waals surface area contributed by atoms with Crippen LogP contribution in [0.25, 0.3) is 26.9 Å². The van der Waals surface area contributed by atoms with Crippen molar-refractivity contribution in [3.63, 3.8) is 0 Å². The number of nitrogens with one attached hydrogen (secondary N) is 1. The maximum absolute atomic E-state index is 12.2. The Labute approximate surface area is 152 Å². The van der Waals surface area contributed by atoms with Gasteiger partial charge in [0.05, 0.1) is 27.1 Å². The lowest BCUT2D eigenvalue weighted by atomic mass is 10.2. The molecule has 0 saturated carbocycles. The standard InChI is InChI=1S/C19H13N3OS2/c23-18(10-9-13-11-24-12-20-13)21-15-6-2-1-5-14(15)19-22-16-7-3-4-8-17(16)25-19/h1-12H,(H,21,23)/b10-9+. The van der Waals surface area contributed by atoms with Crippen LogP contribution < -0.4 is 5.32 Å². The molecule has 6 heteroatoms. The number of hydrogen-bond acceptors (Lipinski definition) is 5. The lowest BCUT2D eigenvalue weighted by molar-refractivity contribution is -0.111. The first-order chi connectivity index (χ1) is 12.3. The summed E-state index contributed by atoms with van der Waals surface area (Å²) >= 11 is 3.11. The SMILES string of the molecule is O=C(/C=C/c1cscn1)Nc1ccccc1-c1nc2ccccc2s1. The molecule has 2 aromatic heterocycles. The first-order valence-corrected chi connectivity index (χ1v) is 9.38. The number of carbonyl (C=O) groups excluding carboxylic acids is 1. The number of aromatic nitrogens is 2. The highest BCUT2D eigenvalue weighted by atomic mass is 32.1. The molecular formula is C19H13N3OS2. The van der Waals surface area contributed by atoms with Gasteiger partial charge in [-0.3, -0.25) is 4.79 Å². The van der Waals surface area contributed by atoms with E-state index in [9.17, 15) is 4.79 Å². The molecular weight excluding hydrogens is 350 g/mol. The van der Waals surface area contributed by atoms with Crippen LogP contribution in [-0.2, 0) is 4.79 Å². The van der Waals surface area contributed by atoms with Gasteiger partial charge in [0.1, 0.15) is 5.01 Å². The molecule has 122 valence electrons. The van der Waals surface area contributed by atoms with E-state index in [4.69, 9.17) is 0 Å². The average Bonchev–Trinajstić information content (AvgIpc) is 3.30. The van der Waals surface area contributed by atoms with E-state index in [-0.39, 0.29) is 5.91 Å². The van der Waals surface area contributed by atoms with Gasteiger partial charge in [-0.15, -0.1) is 22.7 Å². The third-order valence-electron chi connectivity index (χ3n) is 3.57. The quantitative estimate of drug-likeness (QED) is 0.515. The smallest absolute Gasteiger partial charge is 0.248 e. The predicted octanol–water partition coefficient (Wildman–Crippen LogP) is 5.07. The molecule has 4 rings (SSSR count). The molecule has 0 aliphatic rings. The first kappa shape index (κ1) is 15.7. The third-order valence-corrected chi connectivity index (χ3v) is 5.24. The number of anilines is 1. The summed E-state index contributed by atoms with van der Waals surface area (Å²) in [5.41, 5.74) is 5.14. The van der Waals surface area contributed by atoms with Crippen LogP contribution in [0.5, 0.6) is 0 Å². The summed E-state index contributed by atoms with van der Waals surface area (Å²) in [6.07, 6.45) is 3.19.